The highest BCUT2D eigenvalue weighted by molar-refractivity contribution is 5.74. The van der Waals surface area contributed by atoms with E-state index in [4.69, 9.17) is 0 Å². The lowest BCUT2D eigenvalue weighted by atomic mass is 9.85. The van der Waals surface area contributed by atoms with E-state index in [1.165, 1.54) is 6.42 Å². The minimum atomic E-state index is -0.167. The van der Waals surface area contributed by atoms with Crippen LogP contribution in [0.2, 0.25) is 0 Å². The molecular weight excluding hydrogens is 304 g/mol. The summed E-state index contributed by atoms with van der Waals surface area (Å²) in [7, 11) is 0. The van der Waals surface area contributed by atoms with Gasteiger partial charge in [-0.05, 0) is 50.2 Å². The number of aliphatic hydroxyl groups is 1. The fourth-order valence-corrected chi connectivity index (χ4v) is 4.56. The largest absolute Gasteiger partial charge is 0.396 e. The third kappa shape index (κ3) is 2.65. The summed E-state index contributed by atoms with van der Waals surface area (Å²) in [5.41, 5.74) is 2.84. The highest BCUT2D eigenvalue weighted by Crippen LogP contribution is 2.48. The van der Waals surface area contributed by atoms with Gasteiger partial charge >= 0.3 is 6.03 Å². The van der Waals surface area contributed by atoms with Crippen LogP contribution in [0, 0.1) is 24.7 Å². The Morgan fingerprint density at radius 1 is 1.38 bits per heavy atom. The second-order valence-corrected chi connectivity index (χ2v) is 7.16. The quantitative estimate of drug-likeness (QED) is 0.801. The van der Waals surface area contributed by atoms with Crippen molar-refractivity contribution in [3.63, 3.8) is 0 Å². The van der Waals surface area contributed by atoms with Gasteiger partial charge in [0.25, 0.3) is 0 Å². The smallest absolute Gasteiger partial charge is 0.315 e. The molecule has 24 heavy (non-hydrogen) atoms. The van der Waals surface area contributed by atoms with Crippen molar-refractivity contribution < 1.29 is 9.90 Å². The summed E-state index contributed by atoms with van der Waals surface area (Å²) in [5.74, 6) is 1.31. The SMILES string of the molecule is Cc1cccc2nc(CNC(=O)NC3C4CCC(C4)C3CO)cn12. The lowest BCUT2D eigenvalue weighted by molar-refractivity contribution is 0.144. The predicted octanol–water partition coefficient (Wildman–Crippen LogP) is 1.85. The van der Waals surface area contributed by atoms with Crippen LogP contribution in [-0.2, 0) is 6.54 Å². The Morgan fingerprint density at radius 2 is 2.21 bits per heavy atom. The zero-order valence-corrected chi connectivity index (χ0v) is 13.9. The third-order valence-corrected chi connectivity index (χ3v) is 5.77. The van der Waals surface area contributed by atoms with Crippen LogP contribution in [0.4, 0.5) is 4.79 Å². The van der Waals surface area contributed by atoms with Crippen LogP contribution in [0.25, 0.3) is 5.65 Å². The molecule has 0 aliphatic heterocycles. The van der Waals surface area contributed by atoms with Crippen molar-refractivity contribution in [2.24, 2.45) is 17.8 Å². The number of carbonyl (C=O) groups excluding carboxylic acids is 1. The van der Waals surface area contributed by atoms with Crippen LogP contribution in [0.15, 0.2) is 24.4 Å². The summed E-state index contributed by atoms with van der Waals surface area (Å²) in [6.07, 6.45) is 5.45. The van der Waals surface area contributed by atoms with Gasteiger partial charge in [-0.3, -0.25) is 0 Å². The number of nitrogens with zero attached hydrogens (tertiary/aromatic N) is 2. The molecule has 128 valence electrons. The Kier molecular flexibility index (Phi) is 3.92. The number of amides is 2. The van der Waals surface area contributed by atoms with Gasteiger partial charge in [0.1, 0.15) is 5.65 Å². The number of rotatable bonds is 4. The number of aliphatic hydroxyl groups excluding tert-OH is 1. The van der Waals surface area contributed by atoms with Crippen molar-refractivity contribution in [2.45, 2.75) is 38.8 Å². The zero-order valence-electron chi connectivity index (χ0n) is 13.9. The molecule has 2 aliphatic carbocycles. The molecule has 2 aromatic rings. The first-order chi connectivity index (χ1) is 11.7. The van der Waals surface area contributed by atoms with Gasteiger partial charge in [-0.2, -0.15) is 0 Å². The Hall–Kier alpha value is -2.08. The lowest BCUT2D eigenvalue weighted by Crippen LogP contribution is -2.48. The summed E-state index contributed by atoms with van der Waals surface area (Å²) in [5, 5.41) is 15.6. The Labute approximate surface area is 141 Å². The van der Waals surface area contributed by atoms with Gasteiger partial charge in [0.15, 0.2) is 0 Å². The Morgan fingerprint density at radius 3 is 3.00 bits per heavy atom. The van der Waals surface area contributed by atoms with Gasteiger partial charge in [0.2, 0.25) is 0 Å². The molecule has 3 N–H and O–H groups in total. The summed E-state index contributed by atoms with van der Waals surface area (Å²) < 4.78 is 2.02. The number of urea groups is 1. The number of aryl methyl sites for hydroxylation is 1. The van der Waals surface area contributed by atoms with E-state index in [-0.39, 0.29) is 24.6 Å². The summed E-state index contributed by atoms with van der Waals surface area (Å²) in [6.45, 7) is 2.60. The first-order valence-electron chi connectivity index (χ1n) is 8.74. The number of pyridine rings is 1. The van der Waals surface area contributed by atoms with E-state index in [2.05, 4.69) is 15.6 Å². The molecule has 2 amide bonds. The molecule has 4 unspecified atom stereocenters. The van der Waals surface area contributed by atoms with Crippen molar-refractivity contribution in [1.29, 1.82) is 0 Å². The average molecular weight is 328 g/mol. The zero-order chi connectivity index (χ0) is 16.7. The molecule has 0 saturated heterocycles. The molecule has 0 aromatic carbocycles. The number of carbonyl (C=O) groups is 1. The van der Waals surface area contributed by atoms with Gasteiger partial charge in [0.05, 0.1) is 12.2 Å². The second kappa shape index (κ2) is 6.09. The summed E-state index contributed by atoms with van der Waals surface area (Å²) in [6, 6.07) is 5.91. The van der Waals surface area contributed by atoms with E-state index >= 15 is 0 Å². The fraction of sp³-hybridized carbons (Fsp3) is 0.556. The van der Waals surface area contributed by atoms with E-state index in [0.29, 0.717) is 18.4 Å². The van der Waals surface area contributed by atoms with Crippen LogP contribution in [-0.4, -0.2) is 33.2 Å². The normalized spacial score (nSPS) is 28.4. The molecule has 4 rings (SSSR count). The van der Waals surface area contributed by atoms with Crippen LogP contribution < -0.4 is 10.6 Å². The highest BCUT2D eigenvalue weighted by Gasteiger charge is 2.47. The molecule has 0 spiro atoms. The number of aromatic nitrogens is 2. The molecule has 6 heteroatoms. The van der Waals surface area contributed by atoms with E-state index in [1.54, 1.807) is 0 Å². The van der Waals surface area contributed by atoms with Crippen molar-refractivity contribution in [3.05, 3.63) is 35.8 Å². The second-order valence-electron chi connectivity index (χ2n) is 7.16. The average Bonchev–Trinajstić information content (AvgIpc) is 3.27. The molecule has 2 fully saturated rings. The molecule has 2 aromatic heterocycles. The van der Waals surface area contributed by atoms with Gasteiger partial charge in [-0.15, -0.1) is 0 Å². The molecule has 2 saturated carbocycles. The molecule has 4 atom stereocenters. The fourth-order valence-electron chi connectivity index (χ4n) is 4.56. The number of imidazole rings is 1. The molecule has 2 aliphatic rings. The van der Waals surface area contributed by atoms with E-state index in [9.17, 15) is 9.90 Å². The topological polar surface area (TPSA) is 78.7 Å². The van der Waals surface area contributed by atoms with Crippen molar-refractivity contribution in [1.82, 2.24) is 20.0 Å². The van der Waals surface area contributed by atoms with E-state index < -0.39 is 0 Å². The number of fused-ring (bicyclic) bond motifs is 3. The maximum absolute atomic E-state index is 12.3. The summed E-state index contributed by atoms with van der Waals surface area (Å²) in [4.78, 5) is 16.8. The standard InChI is InChI=1S/C18H24N4O2/c1-11-3-2-4-16-20-14(9-22(11)16)8-19-18(24)21-17-13-6-5-12(7-13)15(17)10-23/h2-4,9,12-13,15,17,23H,5-8,10H2,1H3,(H2,19,21,24). The number of hydrogen-bond donors (Lipinski definition) is 3. The maximum Gasteiger partial charge on any atom is 0.315 e. The van der Waals surface area contributed by atoms with E-state index in [1.807, 2.05) is 35.7 Å². The van der Waals surface area contributed by atoms with Crippen LogP contribution in [0.1, 0.15) is 30.7 Å². The predicted molar refractivity (Wildman–Crippen MR) is 90.5 cm³/mol. The lowest BCUT2D eigenvalue weighted by Gasteiger charge is -2.30. The summed E-state index contributed by atoms with van der Waals surface area (Å²) >= 11 is 0. The van der Waals surface area contributed by atoms with E-state index in [0.717, 1.165) is 29.9 Å². The van der Waals surface area contributed by atoms with Crippen molar-refractivity contribution in [2.75, 3.05) is 6.61 Å². The first-order valence-corrected chi connectivity index (χ1v) is 8.74. The molecule has 2 heterocycles. The molecule has 0 radical (unpaired) electrons. The number of hydrogen-bond acceptors (Lipinski definition) is 3. The Balaban J connectivity index is 1.37. The van der Waals surface area contributed by atoms with Crippen molar-refractivity contribution >= 4 is 11.7 Å². The third-order valence-electron chi connectivity index (χ3n) is 5.77. The Bertz CT molecular complexity index is 757. The van der Waals surface area contributed by atoms with Gasteiger partial charge in [-0.1, -0.05) is 6.07 Å². The van der Waals surface area contributed by atoms with Gasteiger partial charge in [-0.25, -0.2) is 9.78 Å². The van der Waals surface area contributed by atoms with Crippen LogP contribution >= 0.6 is 0 Å². The van der Waals surface area contributed by atoms with Crippen molar-refractivity contribution in [3.8, 4) is 0 Å². The number of nitrogens with one attached hydrogen (secondary N) is 2. The molecular formula is C18H24N4O2. The van der Waals surface area contributed by atoms with Crippen LogP contribution in [0.5, 0.6) is 0 Å². The minimum absolute atomic E-state index is 0.108. The minimum Gasteiger partial charge on any atom is -0.396 e. The monoisotopic (exact) mass is 328 g/mol. The molecule has 6 nitrogen and oxygen atoms in total. The maximum atomic E-state index is 12.3. The van der Waals surface area contributed by atoms with Gasteiger partial charge in [0, 0.05) is 30.5 Å². The highest BCUT2D eigenvalue weighted by atomic mass is 16.3. The molecule has 2 bridgehead atoms. The first kappa shape index (κ1) is 15.4. The van der Waals surface area contributed by atoms with Crippen LogP contribution in [0.3, 0.4) is 0 Å². The van der Waals surface area contributed by atoms with Gasteiger partial charge < -0.3 is 20.1 Å².